The van der Waals surface area contributed by atoms with Crippen LogP contribution < -0.4 is 20.7 Å². The fourth-order valence-electron chi connectivity index (χ4n) is 2.52. The molecule has 152 valence electrons. The highest BCUT2D eigenvalue weighted by atomic mass is 32.1. The number of hydrogen-bond donors (Lipinski definition) is 3. The lowest BCUT2D eigenvalue weighted by Gasteiger charge is -2.13. The van der Waals surface area contributed by atoms with E-state index in [2.05, 4.69) is 16.0 Å². The van der Waals surface area contributed by atoms with E-state index in [9.17, 15) is 9.59 Å². The van der Waals surface area contributed by atoms with Gasteiger partial charge in [0.2, 0.25) is 5.91 Å². The normalized spacial score (nSPS) is 10.4. The summed E-state index contributed by atoms with van der Waals surface area (Å²) in [4.78, 5) is 24.9. The van der Waals surface area contributed by atoms with Gasteiger partial charge in [-0.15, -0.1) is 11.3 Å². The van der Waals surface area contributed by atoms with Crippen LogP contribution in [0.5, 0.6) is 5.75 Å². The molecule has 3 aromatic rings. The van der Waals surface area contributed by atoms with Crippen molar-refractivity contribution in [1.82, 2.24) is 5.32 Å². The molecule has 2 aromatic carbocycles. The summed E-state index contributed by atoms with van der Waals surface area (Å²) in [6.07, 6.45) is 3.11. The number of nitrogens with one attached hydrogen (secondary N) is 3. The zero-order valence-electron chi connectivity index (χ0n) is 16.0. The van der Waals surface area contributed by atoms with Crippen LogP contribution in [0.4, 0.5) is 11.4 Å². The van der Waals surface area contributed by atoms with Crippen LogP contribution in [-0.2, 0) is 4.79 Å². The van der Waals surface area contributed by atoms with Crippen molar-refractivity contribution < 1.29 is 14.3 Å². The molecule has 0 aliphatic heterocycles. The molecule has 0 atom stereocenters. The summed E-state index contributed by atoms with van der Waals surface area (Å²) in [7, 11) is 1.51. The molecule has 2 amide bonds. The summed E-state index contributed by atoms with van der Waals surface area (Å²) in [5.41, 5.74) is 2.05. The fourth-order valence-corrected chi connectivity index (χ4v) is 3.35. The van der Waals surface area contributed by atoms with Crippen LogP contribution in [0.15, 0.2) is 72.1 Å². The van der Waals surface area contributed by atoms with Gasteiger partial charge in [-0.25, -0.2) is 0 Å². The predicted molar refractivity (Wildman–Crippen MR) is 125 cm³/mol. The Kier molecular flexibility index (Phi) is 7.31. The lowest BCUT2D eigenvalue weighted by Crippen LogP contribution is -2.32. The number of carbonyl (C=O) groups is 2. The predicted octanol–water partition coefficient (Wildman–Crippen LogP) is 4.54. The van der Waals surface area contributed by atoms with Gasteiger partial charge in [0.1, 0.15) is 5.75 Å². The van der Waals surface area contributed by atoms with E-state index in [0.717, 1.165) is 5.56 Å². The van der Waals surface area contributed by atoms with E-state index in [4.69, 9.17) is 17.0 Å². The van der Waals surface area contributed by atoms with E-state index >= 15 is 0 Å². The van der Waals surface area contributed by atoms with Gasteiger partial charge in [-0.05, 0) is 47.4 Å². The molecule has 0 spiro atoms. The van der Waals surface area contributed by atoms with Crippen LogP contribution in [0.25, 0.3) is 6.08 Å². The summed E-state index contributed by atoms with van der Waals surface area (Å²) < 4.78 is 5.36. The molecule has 3 N–H and O–H groups in total. The van der Waals surface area contributed by atoms with Gasteiger partial charge in [-0.3, -0.25) is 14.9 Å². The zero-order chi connectivity index (χ0) is 21.3. The van der Waals surface area contributed by atoms with E-state index in [0.29, 0.717) is 22.0 Å². The Hall–Kier alpha value is -3.49. The van der Waals surface area contributed by atoms with Crippen LogP contribution in [0.1, 0.15) is 15.2 Å². The van der Waals surface area contributed by atoms with Gasteiger partial charge >= 0.3 is 0 Å². The first-order valence-corrected chi connectivity index (χ1v) is 10.2. The Morgan fingerprint density at radius 2 is 1.83 bits per heavy atom. The highest BCUT2D eigenvalue weighted by molar-refractivity contribution is 7.80. The number of methoxy groups -OCH3 is 1. The third-order valence-corrected chi connectivity index (χ3v) is 4.99. The molecule has 0 bridgehead atoms. The van der Waals surface area contributed by atoms with Gasteiger partial charge in [0, 0.05) is 17.8 Å². The summed E-state index contributed by atoms with van der Waals surface area (Å²) >= 11 is 6.55. The summed E-state index contributed by atoms with van der Waals surface area (Å²) in [5.74, 6) is -0.0943. The van der Waals surface area contributed by atoms with E-state index in [1.54, 1.807) is 30.3 Å². The van der Waals surface area contributed by atoms with Gasteiger partial charge < -0.3 is 15.4 Å². The second kappa shape index (κ2) is 10.3. The Labute approximate surface area is 183 Å². The summed E-state index contributed by atoms with van der Waals surface area (Å²) in [5, 5.41) is 10.3. The molecular formula is C22H19N3O3S2. The zero-order valence-corrected chi connectivity index (χ0v) is 17.7. The molecule has 3 rings (SSSR count). The maximum absolute atomic E-state index is 12.2. The molecule has 0 saturated carbocycles. The minimum Gasteiger partial charge on any atom is -0.494 e. The molecule has 0 aliphatic carbocycles. The number of ether oxygens (including phenoxy) is 1. The monoisotopic (exact) mass is 437 g/mol. The highest BCUT2D eigenvalue weighted by Gasteiger charge is 2.12. The maximum atomic E-state index is 12.2. The van der Waals surface area contributed by atoms with Gasteiger partial charge in [-0.2, -0.15) is 0 Å². The third-order valence-electron chi connectivity index (χ3n) is 3.92. The first-order valence-electron chi connectivity index (χ1n) is 8.93. The molecule has 0 saturated heterocycles. The van der Waals surface area contributed by atoms with E-state index in [1.807, 2.05) is 41.8 Å². The average Bonchev–Trinajstić information content (AvgIpc) is 3.29. The Bertz CT molecular complexity index is 1060. The Morgan fingerprint density at radius 1 is 1.03 bits per heavy atom. The lowest BCUT2D eigenvalue weighted by atomic mass is 10.2. The van der Waals surface area contributed by atoms with Crippen molar-refractivity contribution >= 4 is 57.9 Å². The molecule has 0 aliphatic rings. The van der Waals surface area contributed by atoms with Crippen LogP contribution in [0.3, 0.4) is 0 Å². The van der Waals surface area contributed by atoms with Gasteiger partial charge in [0.15, 0.2) is 5.11 Å². The molecule has 1 heterocycles. The minimum atomic E-state index is -0.344. The van der Waals surface area contributed by atoms with Gasteiger partial charge in [0.05, 0.1) is 17.7 Å². The Balaban J connectivity index is 1.59. The number of benzene rings is 2. The summed E-state index contributed by atoms with van der Waals surface area (Å²) in [6.45, 7) is 0. The van der Waals surface area contributed by atoms with Crippen molar-refractivity contribution in [3.05, 3.63) is 82.6 Å². The van der Waals surface area contributed by atoms with Crippen LogP contribution in [0.2, 0.25) is 0 Å². The van der Waals surface area contributed by atoms with Crippen molar-refractivity contribution in [3.8, 4) is 5.75 Å². The van der Waals surface area contributed by atoms with Crippen molar-refractivity contribution in [2.24, 2.45) is 0 Å². The van der Waals surface area contributed by atoms with Gasteiger partial charge in [-0.1, -0.05) is 36.4 Å². The second-order valence-electron chi connectivity index (χ2n) is 6.03. The molecule has 0 unspecified atom stereocenters. The first-order chi connectivity index (χ1) is 14.5. The number of anilines is 2. The van der Waals surface area contributed by atoms with E-state index < -0.39 is 0 Å². The Morgan fingerprint density at radius 3 is 2.53 bits per heavy atom. The van der Waals surface area contributed by atoms with E-state index in [1.165, 1.54) is 24.5 Å². The fraction of sp³-hybridized carbons (Fsp3) is 0.0455. The third kappa shape index (κ3) is 6.00. The molecular weight excluding hydrogens is 418 g/mol. The maximum Gasteiger partial charge on any atom is 0.265 e. The van der Waals surface area contributed by atoms with Crippen molar-refractivity contribution in [2.75, 3.05) is 17.7 Å². The molecule has 30 heavy (non-hydrogen) atoms. The van der Waals surface area contributed by atoms with E-state index in [-0.39, 0.29) is 16.9 Å². The minimum absolute atomic E-state index is 0.148. The molecule has 0 fully saturated rings. The number of thiocarbonyl (C=S) groups is 1. The standard InChI is InChI=1S/C22H19N3O3S2/c1-28-18-14-16(10-11-17(18)24-21(27)19-8-5-13-30-19)23-22(29)25-20(26)12-9-15-6-3-2-4-7-15/h2-14H,1H3,(H,24,27)(H2,23,25,26,29)/b12-9+. The molecule has 8 heteroatoms. The number of thiophene rings is 1. The lowest BCUT2D eigenvalue weighted by molar-refractivity contribution is -0.115. The quantitative estimate of drug-likeness (QED) is 0.390. The molecule has 0 radical (unpaired) electrons. The topological polar surface area (TPSA) is 79.5 Å². The average molecular weight is 438 g/mol. The molecule has 1 aromatic heterocycles. The van der Waals surface area contributed by atoms with Crippen LogP contribution >= 0.6 is 23.6 Å². The summed E-state index contributed by atoms with van der Waals surface area (Å²) in [6, 6.07) is 18.1. The second-order valence-corrected chi connectivity index (χ2v) is 7.39. The first kappa shape index (κ1) is 21.2. The van der Waals surface area contributed by atoms with Crippen LogP contribution in [0, 0.1) is 0 Å². The van der Waals surface area contributed by atoms with Gasteiger partial charge in [0.25, 0.3) is 5.91 Å². The largest absolute Gasteiger partial charge is 0.494 e. The number of rotatable bonds is 6. The van der Waals surface area contributed by atoms with Crippen molar-refractivity contribution in [3.63, 3.8) is 0 Å². The highest BCUT2D eigenvalue weighted by Crippen LogP contribution is 2.28. The van der Waals surface area contributed by atoms with Crippen LogP contribution in [-0.4, -0.2) is 24.0 Å². The molecule has 6 nitrogen and oxygen atoms in total. The SMILES string of the molecule is COc1cc(NC(=S)NC(=O)/C=C/c2ccccc2)ccc1NC(=O)c1cccs1. The number of carbonyl (C=O) groups excluding carboxylic acids is 2. The van der Waals surface area contributed by atoms with Crippen molar-refractivity contribution in [2.45, 2.75) is 0 Å². The smallest absolute Gasteiger partial charge is 0.265 e. The number of hydrogen-bond acceptors (Lipinski definition) is 5. The number of amides is 2. The van der Waals surface area contributed by atoms with Crippen molar-refractivity contribution in [1.29, 1.82) is 0 Å².